The molecule has 0 radical (unpaired) electrons. The van der Waals surface area contributed by atoms with Crippen molar-refractivity contribution in [2.75, 3.05) is 12.4 Å². The Balaban J connectivity index is 1.53. The van der Waals surface area contributed by atoms with Crippen LogP contribution in [0, 0.1) is 19.7 Å². The van der Waals surface area contributed by atoms with Gasteiger partial charge in [-0.3, -0.25) is 0 Å². The van der Waals surface area contributed by atoms with Gasteiger partial charge in [0.2, 0.25) is 5.16 Å². The van der Waals surface area contributed by atoms with Gasteiger partial charge in [-0.1, -0.05) is 47.7 Å². The van der Waals surface area contributed by atoms with E-state index in [0.29, 0.717) is 16.5 Å². The van der Waals surface area contributed by atoms with Crippen LogP contribution in [0.3, 0.4) is 0 Å². The van der Waals surface area contributed by atoms with E-state index in [1.165, 1.54) is 23.4 Å². The fraction of sp³-hybridized carbons (Fsp3) is 0.316. The Bertz CT molecular complexity index is 903. The highest BCUT2D eigenvalue weighted by Crippen LogP contribution is 2.22. The molecule has 3 rings (SSSR count). The highest BCUT2D eigenvalue weighted by Gasteiger charge is 2.14. The molecule has 0 bridgehead atoms. The molecule has 142 valence electrons. The van der Waals surface area contributed by atoms with Crippen LogP contribution in [0.15, 0.2) is 47.6 Å². The molecular weight excluding hydrogens is 367 g/mol. The predicted molar refractivity (Wildman–Crippen MR) is 101 cm³/mol. The smallest absolute Gasteiger partial charge is 0.214 e. The molecule has 1 unspecified atom stereocenters. The molecule has 1 heterocycles. The minimum Gasteiger partial charge on any atom is -0.390 e. The average molecular weight is 388 g/mol. The lowest BCUT2D eigenvalue weighted by molar-refractivity contribution is 0.0386. The van der Waals surface area contributed by atoms with Gasteiger partial charge in [0, 0.05) is 11.3 Å². The normalized spacial score (nSPS) is 12.3. The zero-order valence-electron chi connectivity index (χ0n) is 15.2. The monoisotopic (exact) mass is 388 g/mol. The fourth-order valence-corrected chi connectivity index (χ4v) is 3.39. The maximum absolute atomic E-state index is 13.5. The van der Waals surface area contributed by atoms with E-state index < -0.39 is 6.10 Å². The molecule has 1 atom stereocenters. The predicted octanol–water partition coefficient (Wildman–Crippen LogP) is 3.09. The number of nitrogens with zero attached hydrogens (tertiary/aromatic N) is 4. The Morgan fingerprint density at radius 2 is 2.04 bits per heavy atom. The first-order valence-electron chi connectivity index (χ1n) is 8.52. The Morgan fingerprint density at radius 3 is 2.81 bits per heavy atom. The van der Waals surface area contributed by atoms with Gasteiger partial charge >= 0.3 is 0 Å². The second-order valence-electron chi connectivity index (χ2n) is 6.23. The minimum atomic E-state index is -0.717. The molecule has 0 fully saturated rings. The molecule has 0 aliphatic carbocycles. The molecular formula is C19H21FN4O2S. The van der Waals surface area contributed by atoms with E-state index in [1.54, 1.807) is 22.9 Å². The highest BCUT2D eigenvalue weighted by atomic mass is 32.2. The van der Waals surface area contributed by atoms with Crippen LogP contribution < -0.4 is 0 Å². The summed E-state index contributed by atoms with van der Waals surface area (Å²) in [7, 11) is 0. The number of aliphatic hydroxyl groups is 1. The first-order valence-corrected chi connectivity index (χ1v) is 9.51. The van der Waals surface area contributed by atoms with Crippen molar-refractivity contribution in [3.8, 4) is 5.69 Å². The molecule has 2 aromatic carbocycles. The standard InChI is InChI=1S/C19H21FN4O2S/c1-13-7-8-18(14(2)9-13)24-19(21-22-23-24)27-12-16(25)11-26-10-15-5-3-4-6-17(15)20/h3-9,16,25H,10-12H2,1-2H3. The lowest BCUT2D eigenvalue weighted by Gasteiger charge is -2.12. The molecule has 6 nitrogen and oxygen atoms in total. The molecule has 8 heteroatoms. The van der Waals surface area contributed by atoms with E-state index in [1.807, 2.05) is 26.0 Å². The molecule has 27 heavy (non-hydrogen) atoms. The summed E-state index contributed by atoms with van der Waals surface area (Å²) in [6, 6.07) is 12.5. The summed E-state index contributed by atoms with van der Waals surface area (Å²) in [5.41, 5.74) is 3.61. The van der Waals surface area contributed by atoms with Crippen molar-refractivity contribution < 1.29 is 14.2 Å². The van der Waals surface area contributed by atoms with Gasteiger partial charge in [-0.15, -0.1) is 5.10 Å². The van der Waals surface area contributed by atoms with Crippen molar-refractivity contribution in [3.63, 3.8) is 0 Å². The van der Waals surface area contributed by atoms with Crippen LogP contribution in [0.4, 0.5) is 4.39 Å². The van der Waals surface area contributed by atoms with Gasteiger partial charge in [0.25, 0.3) is 0 Å². The molecule has 0 aliphatic heterocycles. The van der Waals surface area contributed by atoms with Crippen LogP contribution in [0.2, 0.25) is 0 Å². The zero-order valence-corrected chi connectivity index (χ0v) is 16.0. The van der Waals surface area contributed by atoms with Crippen LogP contribution in [-0.4, -0.2) is 43.8 Å². The summed E-state index contributed by atoms with van der Waals surface area (Å²) < 4.78 is 20.6. The van der Waals surface area contributed by atoms with Crippen LogP contribution in [0.25, 0.3) is 5.69 Å². The second kappa shape index (κ2) is 9.07. The Labute approximate surface area is 161 Å². The topological polar surface area (TPSA) is 73.1 Å². The molecule has 0 saturated carbocycles. The first-order chi connectivity index (χ1) is 13.0. The third-order valence-corrected chi connectivity index (χ3v) is 5.02. The zero-order chi connectivity index (χ0) is 19.2. The summed E-state index contributed by atoms with van der Waals surface area (Å²) >= 11 is 1.34. The average Bonchev–Trinajstić information content (AvgIpc) is 3.10. The van der Waals surface area contributed by atoms with Gasteiger partial charge in [-0.05, 0) is 42.0 Å². The van der Waals surface area contributed by atoms with E-state index in [0.717, 1.165) is 11.3 Å². The number of rotatable bonds is 8. The first kappa shape index (κ1) is 19.5. The van der Waals surface area contributed by atoms with Crippen molar-refractivity contribution >= 4 is 11.8 Å². The summed E-state index contributed by atoms with van der Waals surface area (Å²) in [4.78, 5) is 0. The lowest BCUT2D eigenvalue weighted by Crippen LogP contribution is -2.18. The molecule has 3 aromatic rings. The van der Waals surface area contributed by atoms with Crippen LogP contribution in [0.1, 0.15) is 16.7 Å². The number of aliphatic hydroxyl groups excluding tert-OH is 1. The van der Waals surface area contributed by atoms with Crippen LogP contribution in [-0.2, 0) is 11.3 Å². The molecule has 0 saturated heterocycles. The van der Waals surface area contributed by atoms with Crippen molar-refractivity contribution in [1.82, 2.24) is 20.2 Å². The number of aromatic nitrogens is 4. The molecule has 1 N–H and O–H groups in total. The van der Waals surface area contributed by atoms with Crippen molar-refractivity contribution in [2.45, 2.75) is 31.7 Å². The van der Waals surface area contributed by atoms with Crippen LogP contribution in [0.5, 0.6) is 0 Å². The van der Waals surface area contributed by atoms with Gasteiger partial charge < -0.3 is 9.84 Å². The number of benzene rings is 2. The van der Waals surface area contributed by atoms with E-state index in [2.05, 4.69) is 21.6 Å². The Morgan fingerprint density at radius 1 is 1.22 bits per heavy atom. The Hall–Kier alpha value is -2.29. The summed E-state index contributed by atoms with van der Waals surface area (Å²) in [6.45, 7) is 4.26. The van der Waals surface area contributed by atoms with Gasteiger partial charge in [0.05, 0.1) is 25.0 Å². The maximum atomic E-state index is 13.5. The lowest BCUT2D eigenvalue weighted by atomic mass is 10.1. The number of hydrogen-bond donors (Lipinski definition) is 1. The summed E-state index contributed by atoms with van der Waals surface area (Å²) in [5, 5.41) is 22.5. The third-order valence-electron chi connectivity index (χ3n) is 3.95. The molecule has 0 spiro atoms. The van der Waals surface area contributed by atoms with E-state index in [4.69, 9.17) is 4.74 Å². The van der Waals surface area contributed by atoms with E-state index in [9.17, 15) is 9.50 Å². The largest absolute Gasteiger partial charge is 0.390 e. The maximum Gasteiger partial charge on any atom is 0.214 e. The summed E-state index contributed by atoms with van der Waals surface area (Å²) in [5.74, 6) is 0.0525. The van der Waals surface area contributed by atoms with Crippen molar-refractivity contribution in [1.29, 1.82) is 0 Å². The molecule has 1 aromatic heterocycles. The number of thioether (sulfide) groups is 1. The number of aryl methyl sites for hydroxylation is 2. The van der Waals surface area contributed by atoms with Crippen molar-refractivity contribution in [2.24, 2.45) is 0 Å². The van der Waals surface area contributed by atoms with Gasteiger partial charge in [-0.25, -0.2) is 4.39 Å². The van der Waals surface area contributed by atoms with Crippen LogP contribution >= 0.6 is 11.8 Å². The molecule has 0 aliphatic rings. The second-order valence-corrected chi connectivity index (χ2v) is 7.22. The van der Waals surface area contributed by atoms with Gasteiger partial charge in [-0.2, -0.15) is 4.68 Å². The fourth-order valence-electron chi connectivity index (χ4n) is 2.60. The molecule has 0 amide bonds. The number of ether oxygens (including phenoxy) is 1. The number of tetrazole rings is 1. The SMILES string of the molecule is Cc1ccc(-n2nnnc2SCC(O)COCc2ccccc2F)c(C)c1. The third kappa shape index (κ3) is 5.12. The number of halogens is 1. The number of hydrogen-bond acceptors (Lipinski definition) is 6. The van der Waals surface area contributed by atoms with E-state index >= 15 is 0 Å². The Kier molecular flexibility index (Phi) is 6.54. The van der Waals surface area contributed by atoms with E-state index in [-0.39, 0.29) is 19.0 Å². The highest BCUT2D eigenvalue weighted by molar-refractivity contribution is 7.99. The summed E-state index contributed by atoms with van der Waals surface area (Å²) in [6.07, 6.45) is -0.717. The van der Waals surface area contributed by atoms with Crippen molar-refractivity contribution in [3.05, 3.63) is 65.0 Å². The minimum absolute atomic E-state index is 0.104. The van der Waals surface area contributed by atoms with Gasteiger partial charge in [0.15, 0.2) is 0 Å². The quantitative estimate of drug-likeness (QED) is 0.598. The van der Waals surface area contributed by atoms with Gasteiger partial charge in [0.1, 0.15) is 5.82 Å².